The van der Waals surface area contributed by atoms with Crippen molar-refractivity contribution in [2.75, 3.05) is 13.6 Å². The lowest BCUT2D eigenvalue weighted by molar-refractivity contribution is 0.156. The summed E-state index contributed by atoms with van der Waals surface area (Å²) in [5.41, 5.74) is 2.99. The van der Waals surface area contributed by atoms with E-state index in [2.05, 4.69) is 15.2 Å². The van der Waals surface area contributed by atoms with Crippen LogP contribution in [0.1, 0.15) is 5.69 Å². The van der Waals surface area contributed by atoms with Gasteiger partial charge in [0.1, 0.15) is 0 Å². The quantitative estimate of drug-likeness (QED) is 0.399. The van der Waals surface area contributed by atoms with Gasteiger partial charge in [0.05, 0.1) is 16.6 Å². The Morgan fingerprint density at radius 2 is 1.82 bits per heavy atom. The third-order valence-corrected chi connectivity index (χ3v) is 7.39. The number of rotatable bonds is 6. The van der Waals surface area contributed by atoms with Crippen molar-refractivity contribution in [2.24, 2.45) is 0 Å². The first kappa shape index (κ1) is 21.6. The average Bonchev–Trinajstić information content (AvgIpc) is 3.44. The minimum absolute atomic E-state index is 0.117. The molecular weight excluding hydrogens is 456 g/mol. The number of hydrogen-bond donors (Lipinski definition) is 1. The summed E-state index contributed by atoms with van der Waals surface area (Å²) < 4.78 is 30.1. The molecule has 34 heavy (non-hydrogen) atoms. The maximum absolute atomic E-state index is 13.7. The summed E-state index contributed by atoms with van der Waals surface area (Å²) in [6.45, 7) is 0.117. The molecule has 0 bridgehead atoms. The van der Waals surface area contributed by atoms with Gasteiger partial charge in [-0.2, -0.15) is 14.8 Å². The van der Waals surface area contributed by atoms with Crippen LogP contribution in [0.25, 0.3) is 27.7 Å². The third-order valence-electron chi connectivity index (χ3n) is 5.64. The van der Waals surface area contributed by atoms with Crippen LogP contribution in [0.2, 0.25) is 0 Å². The van der Waals surface area contributed by atoms with Gasteiger partial charge in [-0.15, -0.1) is 0 Å². The molecule has 0 spiro atoms. The van der Waals surface area contributed by atoms with Gasteiger partial charge in [-0.25, -0.2) is 22.2 Å². The Balaban J connectivity index is 1.75. The molecule has 5 aromatic rings. The molecule has 172 valence electrons. The average molecular weight is 477 g/mol. The molecule has 1 amide bonds. The van der Waals surface area contributed by atoms with E-state index < -0.39 is 16.1 Å². The van der Waals surface area contributed by atoms with Crippen molar-refractivity contribution in [3.05, 3.63) is 78.9 Å². The van der Waals surface area contributed by atoms with Crippen LogP contribution in [-0.2, 0) is 16.4 Å². The molecule has 0 radical (unpaired) electrons. The lowest BCUT2D eigenvalue weighted by Crippen LogP contribution is -2.28. The molecule has 5 rings (SSSR count). The number of amides is 1. The number of benzene rings is 1. The van der Waals surface area contributed by atoms with E-state index in [1.165, 1.54) is 27.8 Å². The van der Waals surface area contributed by atoms with Crippen molar-refractivity contribution in [1.29, 1.82) is 0 Å². The second-order valence-electron chi connectivity index (χ2n) is 7.72. The highest BCUT2D eigenvalue weighted by molar-refractivity contribution is 7.90. The molecule has 0 aliphatic rings. The molecule has 1 aromatic carbocycles. The van der Waals surface area contributed by atoms with Crippen molar-refractivity contribution in [1.82, 2.24) is 28.7 Å². The molecule has 0 unspecified atom stereocenters. The Labute approximate surface area is 194 Å². The van der Waals surface area contributed by atoms with Crippen molar-refractivity contribution in [3.8, 4) is 11.1 Å². The molecule has 0 fully saturated rings. The zero-order valence-corrected chi connectivity index (χ0v) is 18.9. The number of carboxylic acid groups (broad SMARTS) is 1. The number of pyridine rings is 1. The van der Waals surface area contributed by atoms with Crippen molar-refractivity contribution < 1.29 is 18.3 Å². The maximum Gasteiger partial charge on any atom is 0.407 e. The van der Waals surface area contributed by atoms with Crippen molar-refractivity contribution in [2.45, 2.75) is 11.3 Å². The first-order valence-electron chi connectivity index (χ1n) is 10.4. The minimum atomic E-state index is -3.99. The van der Waals surface area contributed by atoms with E-state index >= 15 is 0 Å². The molecule has 1 N–H and O–H groups in total. The zero-order chi connectivity index (χ0) is 23.9. The van der Waals surface area contributed by atoms with Gasteiger partial charge in [-0.1, -0.05) is 18.2 Å². The minimum Gasteiger partial charge on any atom is -0.465 e. The monoisotopic (exact) mass is 476 g/mol. The van der Waals surface area contributed by atoms with Crippen molar-refractivity contribution >= 4 is 32.7 Å². The fraction of sp³-hybridized carbons (Fsp3) is 0.130. The molecule has 0 saturated carbocycles. The van der Waals surface area contributed by atoms with E-state index in [0.717, 1.165) is 21.5 Å². The van der Waals surface area contributed by atoms with Crippen LogP contribution < -0.4 is 0 Å². The Kier molecular flexibility index (Phi) is 5.25. The van der Waals surface area contributed by atoms with Crippen LogP contribution in [0.5, 0.6) is 0 Å². The van der Waals surface area contributed by atoms with Crippen LogP contribution in [0.3, 0.4) is 0 Å². The van der Waals surface area contributed by atoms with Crippen LogP contribution in [0, 0.1) is 0 Å². The predicted octanol–water partition coefficient (Wildman–Crippen LogP) is 3.14. The van der Waals surface area contributed by atoms with Crippen molar-refractivity contribution in [3.63, 3.8) is 0 Å². The number of hydrogen-bond acceptors (Lipinski definition) is 6. The van der Waals surface area contributed by atoms with Gasteiger partial charge in [-0.3, -0.25) is 0 Å². The predicted molar refractivity (Wildman–Crippen MR) is 125 cm³/mol. The van der Waals surface area contributed by atoms with Gasteiger partial charge in [0.15, 0.2) is 5.65 Å². The molecule has 0 aliphatic heterocycles. The fourth-order valence-corrected chi connectivity index (χ4v) is 5.46. The zero-order valence-electron chi connectivity index (χ0n) is 18.1. The van der Waals surface area contributed by atoms with E-state index in [9.17, 15) is 18.3 Å². The molecular formula is C23H20N6O4S. The lowest BCUT2D eigenvalue weighted by Gasteiger charge is -2.15. The fourth-order valence-electron chi connectivity index (χ4n) is 3.92. The lowest BCUT2D eigenvalue weighted by atomic mass is 10.1. The Morgan fingerprint density at radius 1 is 1.03 bits per heavy atom. The highest BCUT2D eigenvalue weighted by atomic mass is 32.2. The molecule has 4 heterocycles. The van der Waals surface area contributed by atoms with E-state index in [4.69, 9.17) is 0 Å². The third kappa shape index (κ3) is 3.55. The van der Waals surface area contributed by atoms with Gasteiger partial charge in [0, 0.05) is 49.1 Å². The van der Waals surface area contributed by atoms with Gasteiger partial charge < -0.3 is 10.0 Å². The maximum atomic E-state index is 13.7. The SMILES string of the molecule is CN(CCc1cc2c(-c3cnn4ncccc34)ccnc2n1S(=O)(=O)c1ccccc1)C(=O)O. The Bertz CT molecular complexity index is 1630. The summed E-state index contributed by atoms with van der Waals surface area (Å²) in [7, 11) is -2.55. The number of nitrogens with zero attached hydrogens (tertiary/aromatic N) is 6. The van der Waals surface area contributed by atoms with Gasteiger partial charge in [0.2, 0.25) is 0 Å². The number of fused-ring (bicyclic) bond motifs is 2. The normalized spacial score (nSPS) is 11.8. The highest BCUT2D eigenvalue weighted by Crippen LogP contribution is 2.34. The van der Waals surface area contributed by atoms with Crippen LogP contribution in [-0.4, -0.2) is 61.9 Å². The van der Waals surface area contributed by atoms with Gasteiger partial charge in [-0.05, 0) is 42.0 Å². The molecule has 0 aliphatic carbocycles. The molecule has 0 saturated heterocycles. The number of likely N-dealkylation sites (N-methyl/N-ethyl adjacent to an activating group) is 1. The van der Waals surface area contributed by atoms with Crippen LogP contribution >= 0.6 is 0 Å². The number of aromatic nitrogens is 5. The van der Waals surface area contributed by atoms with Crippen LogP contribution in [0.15, 0.2) is 78.1 Å². The van der Waals surface area contributed by atoms with E-state index in [1.807, 2.05) is 6.07 Å². The summed E-state index contributed by atoms with van der Waals surface area (Å²) in [4.78, 5) is 17.0. The first-order chi connectivity index (χ1) is 16.4. The highest BCUT2D eigenvalue weighted by Gasteiger charge is 2.26. The Hall–Kier alpha value is -4.25. The van der Waals surface area contributed by atoms with E-state index in [0.29, 0.717) is 11.1 Å². The Morgan fingerprint density at radius 3 is 2.59 bits per heavy atom. The van der Waals surface area contributed by atoms with Gasteiger partial charge in [0.25, 0.3) is 10.0 Å². The second kappa shape index (κ2) is 8.27. The largest absolute Gasteiger partial charge is 0.465 e. The summed E-state index contributed by atoms with van der Waals surface area (Å²) >= 11 is 0. The summed E-state index contributed by atoms with van der Waals surface area (Å²) in [5.74, 6) is 0. The van der Waals surface area contributed by atoms with Crippen LogP contribution in [0.4, 0.5) is 4.79 Å². The molecule has 10 nitrogen and oxygen atoms in total. The summed E-state index contributed by atoms with van der Waals surface area (Å²) in [5, 5.41) is 18.4. The first-order valence-corrected chi connectivity index (χ1v) is 11.9. The molecule has 11 heteroatoms. The second-order valence-corrected chi connectivity index (χ2v) is 9.51. The number of carbonyl (C=O) groups is 1. The van der Waals surface area contributed by atoms with E-state index in [-0.39, 0.29) is 23.5 Å². The molecule has 0 atom stereocenters. The van der Waals surface area contributed by atoms with Gasteiger partial charge >= 0.3 is 6.09 Å². The standard InChI is InChI=1S/C23H20N6O4S/c1-27(23(30)31)13-10-16-14-19-18(20-15-26-29-21(20)8-5-11-25-29)9-12-24-22(19)28(16)34(32,33)17-6-3-2-4-7-17/h2-9,11-12,14-15H,10,13H2,1H3,(H,30,31). The molecule has 4 aromatic heterocycles. The summed E-state index contributed by atoms with van der Waals surface area (Å²) in [6.07, 6.45) is 3.96. The van der Waals surface area contributed by atoms with E-state index in [1.54, 1.807) is 55.0 Å². The summed E-state index contributed by atoms with van der Waals surface area (Å²) in [6, 6.07) is 15.3. The smallest absolute Gasteiger partial charge is 0.407 e. The topological polar surface area (TPSA) is 123 Å².